The van der Waals surface area contributed by atoms with E-state index in [4.69, 9.17) is 11.6 Å². The van der Waals surface area contributed by atoms with Gasteiger partial charge < -0.3 is 0 Å². The molecule has 0 aromatic heterocycles. The SMILES string of the molecule is CCCC1=CC(=NC)N=c2ccc(Cl)cc2=C(c2ccccc2)N1O. The Bertz CT molecular complexity index is 949. The van der Waals surface area contributed by atoms with Gasteiger partial charge in [-0.1, -0.05) is 55.3 Å². The lowest BCUT2D eigenvalue weighted by Gasteiger charge is -2.25. The number of hydroxylamine groups is 2. The van der Waals surface area contributed by atoms with Crippen LogP contribution in [0.1, 0.15) is 25.3 Å². The van der Waals surface area contributed by atoms with Crippen LogP contribution in [0.2, 0.25) is 5.02 Å². The zero-order chi connectivity index (χ0) is 17.8. The number of amidine groups is 1. The van der Waals surface area contributed by atoms with Gasteiger partial charge in [-0.05, 0) is 24.6 Å². The van der Waals surface area contributed by atoms with Crippen molar-refractivity contribution in [1.82, 2.24) is 5.06 Å². The average molecular weight is 354 g/mol. The monoisotopic (exact) mass is 353 g/mol. The normalized spacial score (nSPS) is 16.0. The van der Waals surface area contributed by atoms with Crippen molar-refractivity contribution in [1.29, 1.82) is 0 Å². The van der Waals surface area contributed by atoms with Crippen molar-refractivity contribution in [3.63, 3.8) is 0 Å². The summed E-state index contributed by atoms with van der Waals surface area (Å²) in [6.07, 6.45) is 3.42. The number of fused-ring (bicyclic) bond motifs is 1. The fraction of sp³-hybridized carbons (Fsp3) is 0.200. The fourth-order valence-electron chi connectivity index (χ4n) is 2.84. The van der Waals surface area contributed by atoms with Crippen molar-refractivity contribution >= 4 is 23.1 Å². The zero-order valence-corrected chi connectivity index (χ0v) is 15.0. The predicted octanol–water partition coefficient (Wildman–Crippen LogP) is 3.53. The minimum absolute atomic E-state index is 0.568. The van der Waals surface area contributed by atoms with Gasteiger partial charge in [0, 0.05) is 28.9 Å². The highest BCUT2D eigenvalue weighted by atomic mass is 35.5. The van der Waals surface area contributed by atoms with Crippen molar-refractivity contribution in [3.05, 3.63) is 81.5 Å². The molecule has 0 saturated carbocycles. The molecule has 128 valence electrons. The average Bonchev–Trinajstić information content (AvgIpc) is 2.62. The number of rotatable bonds is 3. The molecule has 1 aliphatic rings. The van der Waals surface area contributed by atoms with E-state index in [1.54, 1.807) is 13.1 Å². The highest BCUT2D eigenvalue weighted by Crippen LogP contribution is 2.22. The summed E-state index contributed by atoms with van der Waals surface area (Å²) < 4.78 is 0. The third kappa shape index (κ3) is 3.65. The molecule has 0 unspecified atom stereocenters. The van der Waals surface area contributed by atoms with E-state index in [0.29, 0.717) is 23.0 Å². The van der Waals surface area contributed by atoms with Crippen molar-refractivity contribution in [2.75, 3.05) is 7.05 Å². The molecule has 1 heterocycles. The minimum atomic E-state index is 0.568. The Balaban J connectivity index is 2.43. The third-order valence-corrected chi connectivity index (χ3v) is 4.25. The molecule has 0 atom stereocenters. The van der Waals surface area contributed by atoms with Crippen molar-refractivity contribution in [2.24, 2.45) is 9.98 Å². The van der Waals surface area contributed by atoms with Crippen molar-refractivity contribution < 1.29 is 5.21 Å². The molecule has 4 nitrogen and oxygen atoms in total. The number of hydrogen-bond donors (Lipinski definition) is 1. The molecule has 0 spiro atoms. The van der Waals surface area contributed by atoms with E-state index in [1.807, 2.05) is 48.5 Å². The van der Waals surface area contributed by atoms with Gasteiger partial charge in [0.2, 0.25) is 0 Å². The smallest absolute Gasteiger partial charge is 0.149 e. The van der Waals surface area contributed by atoms with Crippen LogP contribution in [-0.2, 0) is 0 Å². The van der Waals surface area contributed by atoms with Crippen LogP contribution in [0.4, 0.5) is 0 Å². The van der Waals surface area contributed by atoms with E-state index in [0.717, 1.165) is 28.3 Å². The molecule has 0 radical (unpaired) electrons. The summed E-state index contributed by atoms with van der Waals surface area (Å²) in [7, 11) is 1.69. The fourth-order valence-corrected chi connectivity index (χ4v) is 3.01. The number of halogens is 1. The van der Waals surface area contributed by atoms with Crippen molar-refractivity contribution in [3.8, 4) is 0 Å². The van der Waals surface area contributed by atoms with Crippen LogP contribution >= 0.6 is 11.6 Å². The van der Waals surface area contributed by atoms with Crippen LogP contribution in [0.3, 0.4) is 0 Å². The lowest BCUT2D eigenvalue weighted by molar-refractivity contribution is 0.00515. The maximum Gasteiger partial charge on any atom is 0.149 e. The van der Waals surface area contributed by atoms with Crippen LogP contribution in [0, 0.1) is 0 Å². The Labute approximate surface area is 152 Å². The van der Waals surface area contributed by atoms with Gasteiger partial charge in [-0.3, -0.25) is 10.2 Å². The van der Waals surface area contributed by atoms with E-state index in [-0.39, 0.29) is 0 Å². The first-order chi connectivity index (χ1) is 12.1. The van der Waals surface area contributed by atoms with Gasteiger partial charge in [-0.25, -0.2) is 10.1 Å². The first kappa shape index (κ1) is 17.4. The summed E-state index contributed by atoms with van der Waals surface area (Å²) in [6.45, 7) is 2.07. The van der Waals surface area contributed by atoms with E-state index in [1.165, 1.54) is 5.06 Å². The Morgan fingerprint density at radius 1 is 1.16 bits per heavy atom. The molecule has 1 N–H and O–H groups in total. The van der Waals surface area contributed by atoms with Crippen LogP contribution in [0.25, 0.3) is 5.70 Å². The molecule has 0 amide bonds. The first-order valence-corrected chi connectivity index (χ1v) is 8.62. The molecule has 5 heteroatoms. The van der Waals surface area contributed by atoms with Gasteiger partial charge in [0.05, 0.1) is 16.8 Å². The highest BCUT2D eigenvalue weighted by molar-refractivity contribution is 6.30. The summed E-state index contributed by atoms with van der Waals surface area (Å²) in [6, 6.07) is 15.2. The Morgan fingerprint density at radius 2 is 1.92 bits per heavy atom. The maximum absolute atomic E-state index is 11.1. The lowest BCUT2D eigenvalue weighted by atomic mass is 10.1. The molecule has 1 aliphatic heterocycles. The second-order valence-corrected chi connectivity index (χ2v) is 6.20. The second-order valence-electron chi connectivity index (χ2n) is 5.77. The largest absolute Gasteiger partial charge is 0.284 e. The first-order valence-electron chi connectivity index (χ1n) is 8.24. The number of aliphatic imine (C=N–C) groups is 1. The summed E-state index contributed by atoms with van der Waals surface area (Å²) in [4.78, 5) is 8.89. The quantitative estimate of drug-likeness (QED) is 0.917. The van der Waals surface area contributed by atoms with Gasteiger partial charge in [0.15, 0.2) is 0 Å². The molecule has 3 rings (SSSR count). The van der Waals surface area contributed by atoms with E-state index in [2.05, 4.69) is 16.9 Å². The molecule has 0 fully saturated rings. The number of hydrogen-bond acceptors (Lipinski definition) is 3. The molecule has 25 heavy (non-hydrogen) atoms. The molecular formula is C20H20ClN3O. The van der Waals surface area contributed by atoms with Crippen LogP contribution < -0.4 is 10.6 Å². The maximum atomic E-state index is 11.1. The van der Waals surface area contributed by atoms with E-state index >= 15 is 0 Å². The number of allylic oxidation sites excluding steroid dienone is 1. The molecule has 0 bridgehead atoms. The molecule has 2 aromatic carbocycles. The Hall–Kier alpha value is -2.43. The Morgan fingerprint density at radius 3 is 2.60 bits per heavy atom. The van der Waals surface area contributed by atoms with Crippen LogP contribution in [-0.4, -0.2) is 23.2 Å². The highest BCUT2D eigenvalue weighted by Gasteiger charge is 2.18. The van der Waals surface area contributed by atoms with Crippen LogP contribution in [0.15, 0.2) is 70.3 Å². The number of nitrogens with zero attached hydrogens (tertiary/aromatic N) is 3. The van der Waals surface area contributed by atoms with Crippen LogP contribution in [0.5, 0.6) is 0 Å². The standard InChI is InChI=1S/C20H20ClN3O/c1-3-7-16-13-19(22-2)23-18-11-10-15(21)12-17(18)20(24(16)25)14-8-5-4-6-9-14/h4-6,8-13,25H,3,7H2,1-2H3. The van der Waals surface area contributed by atoms with Crippen molar-refractivity contribution in [2.45, 2.75) is 19.8 Å². The lowest BCUT2D eigenvalue weighted by Crippen LogP contribution is -2.36. The summed E-state index contributed by atoms with van der Waals surface area (Å²) >= 11 is 6.24. The molecule has 2 aromatic rings. The Kier molecular flexibility index (Phi) is 5.31. The zero-order valence-electron chi connectivity index (χ0n) is 14.3. The molecule has 0 saturated heterocycles. The van der Waals surface area contributed by atoms with Gasteiger partial charge in [-0.2, -0.15) is 0 Å². The summed E-state index contributed by atoms with van der Waals surface area (Å²) in [5.41, 5.74) is 2.30. The predicted molar refractivity (Wildman–Crippen MR) is 101 cm³/mol. The third-order valence-electron chi connectivity index (χ3n) is 4.01. The van der Waals surface area contributed by atoms with E-state index < -0.39 is 0 Å². The van der Waals surface area contributed by atoms with E-state index in [9.17, 15) is 5.21 Å². The molecular weight excluding hydrogens is 334 g/mol. The summed E-state index contributed by atoms with van der Waals surface area (Å²) in [5.74, 6) is 0.568. The van der Waals surface area contributed by atoms with Gasteiger partial charge in [0.25, 0.3) is 0 Å². The molecule has 0 aliphatic carbocycles. The minimum Gasteiger partial charge on any atom is -0.284 e. The topological polar surface area (TPSA) is 48.2 Å². The van der Waals surface area contributed by atoms with Gasteiger partial charge in [0.1, 0.15) is 5.84 Å². The second kappa shape index (κ2) is 7.64. The van der Waals surface area contributed by atoms with Gasteiger partial charge in [-0.15, -0.1) is 0 Å². The van der Waals surface area contributed by atoms with Gasteiger partial charge >= 0.3 is 0 Å². The number of benzene rings is 2. The summed E-state index contributed by atoms with van der Waals surface area (Å²) in [5, 5.41) is 14.4.